The van der Waals surface area contributed by atoms with Crippen molar-refractivity contribution in [2.24, 2.45) is 21.7 Å². The summed E-state index contributed by atoms with van der Waals surface area (Å²) < 4.78 is 0. The van der Waals surface area contributed by atoms with Crippen molar-refractivity contribution in [2.45, 2.75) is 88.2 Å². The van der Waals surface area contributed by atoms with E-state index in [1.165, 1.54) is 0 Å². The average Bonchev–Trinajstić information content (AvgIpc) is 2.31. The second kappa shape index (κ2) is 7.55. The molecule has 0 rings (SSSR count). The molecule has 4 nitrogen and oxygen atoms in total. The first-order valence-corrected chi connectivity index (χ1v) is 8.92. The summed E-state index contributed by atoms with van der Waals surface area (Å²) in [5.41, 5.74) is -1.58. The van der Waals surface area contributed by atoms with E-state index in [1.54, 1.807) is 13.8 Å². The van der Waals surface area contributed by atoms with Crippen molar-refractivity contribution >= 4 is 11.7 Å². The highest BCUT2D eigenvalue weighted by molar-refractivity contribution is 5.86. The lowest BCUT2D eigenvalue weighted by Crippen LogP contribution is -2.50. The van der Waals surface area contributed by atoms with Gasteiger partial charge in [0.15, 0.2) is 0 Å². The molecule has 3 atom stereocenters. The molecule has 0 saturated heterocycles. The summed E-state index contributed by atoms with van der Waals surface area (Å²) in [6.45, 7) is 19.9. The van der Waals surface area contributed by atoms with Gasteiger partial charge in [-0.1, -0.05) is 55.4 Å². The molecule has 0 fully saturated rings. The second-order valence-electron chi connectivity index (χ2n) is 10.2. The van der Waals surface area contributed by atoms with Crippen LogP contribution in [0.15, 0.2) is 0 Å². The van der Waals surface area contributed by atoms with Crippen LogP contribution < -0.4 is 5.32 Å². The molecule has 0 spiro atoms. The highest BCUT2D eigenvalue weighted by Crippen LogP contribution is 2.50. The zero-order valence-corrected chi connectivity index (χ0v) is 17.5. The van der Waals surface area contributed by atoms with Crippen LogP contribution >= 0.6 is 0 Å². The molecule has 4 heteroatoms. The number of hydrogen-bond donors (Lipinski definition) is 2. The summed E-state index contributed by atoms with van der Waals surface area (Å²) in [4.78, 5) is 25.4. The Bertz CT molecular complexity index is 456. The number of hydrogen-bond acceptors (Lipinski definition) is 3. The van der Waals surface area contributed by atoms with Crippen LogP contribution in [0.1, 0.15) is 82.1 Å². The Morgan fingerprint density at radius 1 is 0.958 bits per heavy atom. The van der Waals surface area contributed by atoms with Gasteiger partial charge >= 0.3 is 0 Å². The number of aliphatic hydroxyl groups is 1. The van der Waals surface area contributed by atoms with Gasteiger partial charge in [-0.3, -0.25) is 9.59 Å². The van der Waals surface area contributed by atoms with Crippen molar-refractivity contribution in [1.82, 2.24) is 5.32 Å². The summed E-state index contributed by atoms with van der Waals surface area (Å²) in [5.74, 6) is 0.0218. The summed E-state index contributed by atoms with van der Waals surface area (Å²) >= 11 is 0. The highest BCUT2D eigenvalue weighted by Gasteiger charge is 2.49. The average molecular weight is 342 g/mol. The molecule has 0 saturated carbocycles. The topological polar surface area (TPSA) is 66.4 Å². The van der Waals surface area contributed by atoms with Gasteiger partial charge in [0.25, 0.3) is 0 Å². The Morgan fingerprint density at radius 3 is 1.71 bits per heavy atom. The Balaban J connectivity index is 5.79. The van der Waals surface area contributed by atoms with E-state index in [-0.39, 0.29) is 29.1 Å². The van der Waals surface area contributed by atoms with Crippen molar-refractivity contribution < 1.29 is 14.7 Å². The van der Waals surface area contributed by atoms with E-state index in [4.69, 9.17) is 0 Å². The molecular weight excluding hydrogens is 302 g/mol. The van der Waals surface area contributed by atoms with Crippen LogP contribution in [0.2, 0.25) is 0 Å². The van der Waals surface area contributed by atoms with Gasteiger partial charge < -0.3 is 10.4 Å². The number of rotatable bonds is 7. The minimum Gasteiger partial charge on any atom is -0.392 e. The molecule has 0 aromatic carbocycles. The molecule has 0 aliphatic heterocycles. The molecule has 0 bridgehead atoms. The molecule has 0 heterocycles. The first-order chi connectivity index (χ1) is 10.4. The number of Topliss-reactive ketones (excluding diaryl/α,β-unsaturated/α-hetero) is 1. The lowest BCUT2D eigenvalue weighted by Gasteiger charge is -2.46. The molecule has 0 aromatic heterocycles. The monoisotopic (exact) mass is 341 g/mol. The predicted molar refractivity (Wildman–Crippen MR) is 99.7 cm³/mol. The van der Waals surface area contributed by atoms with Crippen LogP contribution in [0.4, 0.5) is 0 Å². The number of carbonyl (C=O) groups is 2. The van der Waals surface area contributed by atoms with Gasteiger partial charge in [-0.25, -0.2) is 0 Å². The first kappa shape index (κ1) is 23.1. The van der Waals surface area contributed by atoms with Crippen molar-refractivity contribution in [3.05, 3.63) is 0 Å². The van der Waals surface area contributed by atoms with E-state index >= 15 is 0 Å². The third-order valence-electron chi connectivity index (χ3n) is 5.20. The van der Waals surface area contributed by atoms with E-state index in [2.05, 4.69) is 46.9 Å². The van der Waals surface area contributed by atoms with Gasteiger partial charge in [-0.15, -0.1) is 0 Å². The number of aliphatic hydroxyl groups excluding tert-OH is 1. The van der Waals surface area contributed by atoms with Crippen LogP contribution in [-0.4, -0.2) is 29.4 Å². The highest BCUT2D eigenvalue weighted by atomic mass is 16.3. The molecule has 1 amide bonds. The first-order valence-electron chi connectivity index (χ1n) is 8.92. The Labute approximate surface area is 148 Å². The predicted octanol–water partition coefficient (Wildman–Crippen LogP) is 3.96. The van der Waals surface area contributed by atoms with Crippen molar-refractivity contribution in [3.63, 3.8) is 0 Å². The Hall–Kier alpha value is -0.900. The third kappa shape index (κ3) is 6.19. The molecule has 0 aliphatic carbocycles. The van der Waals surface area contributed by atoms with Gasteiger partial charge in [0, 0.05) is 17.4 Å². The van der Waals surface area contributed by atoms with Crippen LogP contribution in [0.25, 0.3) is 0 Å². The minimum absolute atomic E-state index is 0.0491. The van der Waals surface area contributed by atoms with Crippen LogP contribution in [-0.2, 0) is 9.59 Å². The van der Waals surface area contributed by atoms with Gasteiger partial charge in [-0.2, -0.15) is 0 Å². The largest absolute Gasteiger partial charge is 0.392 e. The molecule has 3 unspecified atom stereocenters. The Morgan fingerprint density at radius 2 is 1.42 bits per heavy atom. The van der Waals surface area contributed by atoms with Crippen molar-refractivity contribution in [2.75, 3.05) is 6.54 Å². The standard InChI is InChI=1S/C20H39NO3/c1-14(22)11-21-16(24)19(9,12-17(3,4)5)13-20(10,15(2)23)18(6,7)8/h14,22H,11-13H2,1-10H3,(H,21,24). The van der Waals surface area contributed by atoms with Crippen molar-refractivity contribution in [3.8, 4) is 0 Å². The third-order valence-corrected chi connectivity index (χ3v) is 5.20. The summed E-state index contributed by atoms with van der Waals surface area (Å²) in [5, 5.41) is 12.3. The smallest absolute Gasteiger partial charge is 0.226 e. The summed E-state index contributed by atoms with van der Waals surface area (Å²) in [6.07, 6.45) is 0.571. The molecule has 0 radical (unpaired) electrons. The van der Waals surface area contributed by atoms with Crippen LogP contribution in [0.3, 0.4) is 0 Å². The van der Waals surface area contributed by atoms with E-state index in [9.17, 15) is 14.7 Å². The molecule has 0 aliphatic rings. The lowest BCUT2D eigenvalue weighted by atomic mass is 9.56. The maximum Gasteiger partial charge on any atom is 0.226 e. The maximum atomic E-state index is 12.9. The molecule has 142 valence electrons. The molecule has 0 aromatic rings. The summed E-state index contributed by atoms with van der Waals surface area (Å²) in [7, 11) is 0. The second-order valence-corrected chi connectivity index (χ2v) is 10.2. The van der Waals surface area contributed by atoms with Gasteiger partial charge in [0.1, 0.15) is 5.78 Å². The van der Waals surface area contributed by atoms with Crippen LogP contribution in [0.5, 0.6) is 0 Å². The fourth-order valence-electron chi connectivity index (χ4n) is 3.55. The fourth-order valence-corrected chi connectivity index (χ4v) is 3.55. The number of nitrogens with one attached hydrogen (secondary N) is 1. The van der Waals surface area contributed by atoms with Gasteiger partial charge in [0.05, 0.1) is 6.10 Å². The summed E-state index contributed by atoms with van der Waals surface area (Å²) in [6, 6.07) is 0. The lowest BCUT2D eigenvalue weighted by molar-refractivity contribution is -0.142. The van der Waals surface area contributed by atoms with E-state index in [0.717, 1.165) is 0 Å². The zero-order chi connectivity index (χ0) is 19.6. The SMILES string of the molecule is CC(=O)C(C)(CC(C)(CC(C)(C)C)C(=O)NCC(C)O)C(C)(C)C. The van der Waals surface area contributed by atoms with E-state index in [0.29, 0.717) is 12.8 Å². The molecule has 24 heavy (non-hydrogen) atoms. The number of ketones is 1. The maximum absolute atomic E-state index is 12.9. The number of amides is 1. The van der Waals surface area contributed by atoms with E-state index in [1.807, 2.05) is 13.8 Å². The minimum atomic E-state index is -0.680. The Kier molecular flexibility index (Phi) is 7.27. The van der Waals surface area contributed by atoms with Crippen molar-refractivity contribution in [1.29, 1.82) is 0 Å². The van der Waals surface area contributed by atoms with E-state index < -0.39 is 16.9 Å². The van der Waals surface area contributed by atoms with Crippen LogP contribution in [0, 0.1) is 21.7 Å². The number of carbonyl (C=O) groups excluding carboxylic acids is 2. The normalized spacial score (nSPS) is 19.1. The fraction of sp³-hybridized carbons (Fsp3) is 0.900. The molecule has 2 N–H and O–H groups in total. The molecular formula is C20H39NO3. The zero-order valence-electron chi connectivity index (χ0n) is 17.5. The van der Waals surface area contributed by atoms with Gasteiger partial charge in [-0.05, 0) is 37.5 Å². The van der Waals surface area contributed by atoms with Gasteiger partial charge in [0.2, 0.25) is 5.91 Å². The quantitative estimate of drug-likeness (QED) is 0.736.